The Labute approximate surface area is 128 Å². The zero-order valence-corrected chi connectivity index (χ0v) is 13.2. The molecule has 0 amide bonds. The standard InChI is InChI=1S/C12H16ClN3O4S/c1-12(2,11(17)18)8-15-5-6-16(21(15,19)20)9-3-4-14-10(13)7-9/h3-4,7H,5-6,8H2,1-2H3,(H,17,18). The lowest BCUT2D eigenvalue weighted by Gasteiger charge is -2.26. The highest BCUT2D eigenvalue weighted by Crippen LogP contribution is 2.29. The lowest BCUT2D eigenvalue weighted by molar-refractivity contribution is -0.147. The minimum atomic E-state index is -3.75. The van der Waals surface area contributed by atoms with Gasteiger partial charge in [0.1, 0.15) is 5.15 Å². The third-order valence-electron chi connectivity index (χ3n) is 3.31. The smallest absolute Gasteiger partial charge is 0.310 e. The van der Waals surface area contributed by atoms with Crippen molar-refractivity contribution in [3.8, 4) is 0 Å². The Balaban J connectivity index is 2.26. The summed E-state index contributed by atoms with van der Waals surface area (Å²) in [5.74, 6) is -1.04. The maximum absolute atomic E-state index is 12.5. The summed E-state index contributed by atoms with van der Waals surface area (Å²) in [5, 5.41) is 9.33. The summed E-state index contributed by atoms with van der Waals surface area (Å²) in [4.78, 5) is 15.0. The van der Waals surface area contributed by atoms with E-state index in [1.165, 1.54) is 34.7 Å². The van der Waals surface area contributed by atoms with E-state index in [1.807, 2.05) is 0 Å². The fourth-order valence-corrected chi connectivity index (χ4v) is 3.99. The Morgan fingerprint density at radius 2 is 2.14 bits per heavy atom. The Hall–Kier alpha value is -1.38. The first-order valence-electron chi connectivity index (χ1n) is 6.27. The number of rotatable bonds is 4. The van der Waals surface area contributed by atoms with Crippen LogP contribution in [0.25, 0.3) is 0 Å². The number of carboxylic acid groups (broad SMARTS) is 1. The van der Waals surface area contributed by atoms with Gasteiger partial charge in [0.05, 0.1) is 11.1 Å². The molecule has 0 aromatic carbocycles. The first-order chi connectivity index (χ1) is 9.64. The summed E-state index contributed by atoms with van der Waals surface area (Å²) < 4.78 is 27.4. The second-order valence-corrected chi connectivity index (χ2v) is 7.68. The first kappa shape index (κ1) is 16.0. The highest BCUT2D eigenvalue weighted by Gasteiger charge is 2.41. The van der Waals surface area contributed by atoms with E-state index in [9.17, 15) is 13.2 Å². The first-order valence-corrected chi connectivity index (χ1v) is 8.05. The van der Waals surface area contributed by atoms with Crippen molar-refractivity contribution in [2.24, 2.45) is 5.41 Å². The number of pyridine rings is 1. The molecule has 0 aliphatic carbocycles. The highest BCUT2D eigenvalue weighted by atomic mass is 35.5. The van der Waals surface area contributed by atoms with Crippen LogP contribution in [0.1, 0.15) is 13.8 Å². The summed E-state index contributed by atoms with van der Waals surface area (Å²) in [5.41, 5.74) is -0.732. The van der Waals surface area contributed by atoms with Crippen molar-refractivity contribution in [1.29, 1.82) is 0 Å². The van der Waals surface area contributed by atoms with Gasteiger partial charge in [-0.15, -0.1) is 0 Å². The van der Waals surface area contributed by atoms with Gasteiger partial charge in [-0.1, -0.05) is 11.6 Å². The van der Waals surface area contributed by atoms with E-state index in [4.69, 9.17) is 16.7 Å². The molecule has 0 unspecified atom stereocenters. The third-order valence-corrected chi connectivity index (χ3v) is 5.43. The Morgan fingerprint density at radius 3 is 2.71 bits per heavy atom. The second kappa shape index (κ2) is 5.43. The van der Waals surface area contributed by atoms with Gasteiger partial charge in [0, 0.05) is 25.8 Å². The molecule has 116 valence electrons. The molecule has 1 aromatic heterocycles. The van der Waals surface area contributed by atoms with Crippen molar-refractivity contribution in [1.82, 2.24) is 9.29 Å². The quantitative estimate of drug-likeness (QED) is 0.836. The van der Waals surface area contributed by atoms with Crippen LogP contribution in [0.2, 0.25) is 5.15 Å². The molecule has 1 aliphatic rings. The molecule has 0 radical (unpaired) electrons. The van der Waals surface area contributed by atoms with Gasteiger partial charge in [-0.2, -0.15) is 12.7 Å². The van der Waals surface area contributed by atoms with Crippen molar-refractivity contribution in [3.63, 3.8) is 0 Å². The zero-order valence-electron chi connectivity index (χ0n) is 11.7. The number of nitrogens with zero attached hydrogens (tertiary/aromatic N) is 3. The van der Waals surface area contributed by atoms with Gasteiger partial charge in [0.25, 0.3) is 0 Å². The molecule has 1 N–H and O–H groups in total. The SMILES string of the molecule is CC(C)(CN1CCN(c2ccnc(Cl)c2)S1(=O)=O)C(=O)O. The summed E-state index contributed by atoms with van der Waals surface area (Å²) in [6.07, 6.45) is 1.43. The van der Waals surface area contributed by atoms with Crippen molar-refractivity contribution in [2.45, 2.75) is 13.8 Å². The van der Waals surface area contributed by atoms with Crippen LogP contribution in [0.5, 0.6) is 0 Å². The molecule has 1 saturated heterocycles. The minimum absolute atomic E-state index is 0.0834. The molecule has 9 heteroatoms. The van der Waals surface area contributed by atoms with Crippen molar-refractivity contribution >= 4 is 33.5 Å². The van der Waals surface area contributed by atoms with Gasteiger partial charge >= 0.3 is 16.2 Å². The van der Waals surface area contributed by atoms with Crippen LogP contribution in [0.15, 0.2) is 18.3 Å². The monoisotopic (exact) mass is 333 g/mol. The molecular weight excluding hydrogens is 318 g/mol. The molecule has 0 saturated carbocycles. The van der Waals surface area contributed by atoms with E-state index in [0.29, 0.717) is 5.69 Å². The molecule has 0 bridgehead atoms. The average Bonchev–Trinajstić information content (AvgIpc) is 2.64. The number of hydrogen-bond donors (Lipinski definition) is 1. The normalized spacial score (nSPS) is 18.9. The average molecular weight is 334 g/mol. The fraction of sp³-hybridized carbons (Fsp3) is 0.500. The lowest BCUT2D eigenvalue weighted by atomic mass is 9.94. The molecule has 1 aliphatic heterocycles. The predicted molar refractivity (Wildman–Crippen MR) is 78.5 cm³/mol. The summed E-state index contributed by atoms with van der Waals surface area (Å²) in [6.45, 7) is 3.39. The van der Waals surface area contributed by atoms with Crippen LogP contribution in [-0.4, -0.2) is 48.4 Å². The number of carboxylic acids is 1. The van der Waals surface area contributed by atoms with E-state index < -0.39 is 21.6 Å². The summed E-state index contributed by atoms with van der Waals surface area (Å²) in [7, 11) is -3.75. The molecule has 7 nitrogen and oxygen atoms in total. The van der Waals surface area contributed by atoms with Crippen LogP contribution in [-0.2, 0) is 15.0 Å². The lowest BCUT2D eigenvalue weighted by Crippen LogP contribution is -2.42. The minimum Gasteiger partial charge on any atom is -0.481 e. The van der Waals surface area contributed by atoms with E-state index >= 15 is 0 Å². The Bertz CT molecular complexity index is 662. The van der Waals surface area contributed by atoms with Crippen LogP contribution in [0.3, 0.4) is 0 Å². The number of hydrogen-bond acceptors (Lipinski definition) is 4. The molecule has 1 aromatic rings. The summed E-state index contributed by atoms with van der Waals surface area (Å²) >= 11 is 5.78. The molecular formula is C12H16ClN3O4S. The van der Waals surface area contributed by atoms with E-state index in [2.05, 4.69) is 4.98 Å². The molecule has 2 heterocycles. The van der Waals surface area contributed by atoms with Crippen LogP contribution < -0.4 is 4.31 Å². The van der Waals surface area contributed by atoms with E-state index in [1.54, 1.807) is 6.07 Å². The predicted octanol–water partition coefficient (Wildman–Crippen LogP) is 1.21. The van der Waals surface area contributed by atoms with Crippen molar-refractivity contribution < 1.29 is 18.3 Å². The van der Waals surface area contributed by atoms with Crippen molar-refractivity contribution in [2.75, 3.05) is 23.9 Å². The Morgan fingerprint density at radius 1 is 1.48 bits per heavy atom. The zero-order chi connectivity index (χ0) is 15.8. The van der Waals surface area contributed by atoms with Gasteiger partial charge in [-0.05, 0) is 26.0 Å². The third kappa shape index (κ3) is 3.12. The number of aliphatic carboxylic acids is 1. The van der Waals surface area contributed by atoms with Gasteiger partial charge in [0.15, 0.2) is 0 Å². The second-order valence-electron chi connectivity index (χ2n) is 5.44. The van der Waals surface area contributed by atoms with Crippen LogP contribution in [0, 0.1) is 5.41 Å². The van der Waals surface area contributed by atoms with Crippen LogP contribution >= 0.6 is 11.6 Å². The van der Waals surface area contributed by atoms with Crippen LogP contribution in [0.4, 0.5) is 5.69 Å². The molecule has 21 heavy (non-hydrogen) atoms. The fourth-order valence-electron chi connectivity index (χ4n) is 2.05. The molecule has 0 atom stereocenters. The summed E-state index contributed by atoms with van der Waals surface area (Å²) in [6, 6.07) is 3.01. The molecule has 1 fully saturated rings. The van der Waals surface area contributed by atoms with Gasteiger partial charge in [-0.25, -0.2) is 4.98 Å². The number of anilines is 1. The molecule has 2 rings (SSSR count). The maximum atomic E-state index is 12.5. The van der Waals surface area contributed by atoms with Gasteiger partial charge in [0.2, 0.25) is 0 Å². The Kier molecular flexibility index (Phi) is 4.14. The van der Waals surface area contributed by atoms with Gasteiger partial charge < -0.3 is 5.11 Å². The van der Waals surface area contributed by atoms with Crippen molar-refractivity contribution in [3.05, 3.63) is 23.5 Å². The maximum Gasteiger partial charge on any atom is 0.310 e. The number of halogens is 1. The number of carbonyl (C=O) groups is 1. The van der Waals surface area contributed by atoms with E-state index in [-0.39, 0.29) is 24.8 Å². The largest absolute Gasteiger partial charge is 0.481 e. The topological polar surface area (TPSA) is 90.8 Å². The molecule has 0 spiro atoms. The van der Waals surface area contributed by atoms with E-state index in [0.717, 1.165) is 0 Å². The number of aromatic nitrogens is 1. The van der Waals surface area contributed by atoms with Gasteiger partial charge in [-0.3, -0.25) is 9.10 Å². The highest BCUT2D eigenvalue weighted by molar-refractivity contribution is 7.90.